The molecule has 0 aliphatic carbocycles. The van der Waals surface area contributed by atoms with E-state index in [9.17, 15) is 0 Å². The predicted molar refractivity (Wildman–Crippen MR) is 67.2 cm³/mol. The fourth-order valence-corrected chi connectivity index (χ4v) is 1.77. The molecule has 0 aromatic heterocycles. The van der Waals surface area contributed by atoms with E-state index in [0.29, 0.717) is 17.9 Å². The highest BCUT2D eigenvalue weighted by molar-refractivity contribution is 5.95. The van der Waals surface area contributed by atoms with Gasteiger partial charge in [0.1, 0.15) is 5.82 Å². The van der Waals surface area contributed by atoms with Crippen molar-refractivity contribution in [2.45, 2.75) is 45.8 Å². The van der Waals surface area contributed by atoms with E-state index < -0.39 is 0 Å². The Hall–Kier alpha value is -1.16. The first-order valence-corrected chi connectivity index (χ1v) is 5.65. The first kappa shape index (κ1) is 12.9. The van der Waals surface area contributed by atoms with E-state index >= 15 is 0 Å². The topological polar surface area (TPSA) is 57.5 Å². The summed E-state index contributed by atoms with van der Waals surface area (Å²) in [4.78, 5) is 3.97. The van der Waals surface area contributed by atoms with E-state index in [2.05, 4.69) is 24.0 Å². The molecular weight excluding hydrogens is 202 g/mol. The van der Waals surface area contributed by atoms with Gasteiger partial charge in [0.25, 0.3) is 0 Å². The molecule has 4 heteroatoms. The molecule has 2 unspecified atom stereocenters. The number of nitrogens with zero attached hydrogens (tertiary/aromatic N) is 1. The lowest BCUT2D eigenvalue weighted by Crippen LogP contribution is -2.37. The largest absolute Gasteiger partial charge is 0.378 e. The molecule has 4 nitrogen and oxygen atoms in total. The highest BCUT2D eigenvalue weighted by atomic mass is 16.5. The number of rotatable bonds is 4. The van der Waals surface area contributed by atoms with E-state index in [1.54, 1.807) is 6.92 Å². The summed E-state index contributed by atoms with van der Waals surface area (Å²) in [5, 5.41) is 10.9. The third-order valence-corrected chi connectivity index (χ3v) is 2.90. The minimum Gasteiger partial charge on any atom is -0.378 e. The zero-order chi connectivity index (χ0) is 12.1. The molecule has 0 aromatic carbocycles. The van der Waals surface area contributed by atoms with Crippen molar-refractivity contribution in [3.63, 3.8) is 0 Å². The van der Waals surface area contributed by atoms with Crippen molar-refractivity contribution in [1.29, 1.82) is 5.41 Å². The molecule has 1 rings (SSSR count). The molecule has 1 saturated heterocycles. The Kier molecular flexibility index (Phi) is 4.68. The van der Waals surface area contributed by atoms with Gasteiger partial charge in [-0.15, -0.1) is 0 Å². The van der Waals surface area contributed by atoms with Gasteiger partial charge in [0.05, 0.1) is 6.10 Å². The normalized spacial score (nSPS) is 26.9. The number of hydrogen-bond donors (Lipinski definition) is 2. The number of nitrogens with one attached hydrogen (secondary N) is 2. The van der Waals surface area contributed by atoms with Crippen LogP contribution in [-0.4, -0.2) is 31.2 Å². The number of ether oxygens (including phenoxy) is 1. The zero-order valence-electron chi connectivity index (χ0n) is 10.3. The average Bonchev–Trinajstić information content (AvgIpc) is 2.25. The fraction of sp³-hybridized carbons (Fsp3) is 0.667. The smallest absolute Gasteiger partial charge is 0.130 e. The van der Waals surface area contributed by atoms with Crippen LogP contribution in [0.4, 0.5) is 0 Å². The molecule has 0 bridgehead atoms. The van der Waals surface area contributed by atoms with Crippen LogP contribution in [0.2, 0.25) is 0 Å². The third-order valence-electron chi connectivity index (χ3n) is 2.90. The molecule has 2 atom stereocenters. The van der Waals surface area contributed by atoms with Crippen LogP contribution in [0.3, 0.4) is 0 Å². The van der Waals surface area contributed by atoms with Gasteiger partial charge in [-0.3, -0.25) is 0 Å². The van der Waals surface area contributed by atoms with Crippen LogP contribution in [0.15, 0.2) is 16.4 Å². The average molecular weight is 223 g/mol. The Labute approximate surface area is 97.3 Å². The second-order valence-electron chi connectivity index (χ2n) is 4.30. The molecule has 0 amide bonds. The van der Waals surface area contributed by atoms with E-state index in [1.807, 2.05) is 6.92 Å². The number of allylic oxidation sites excluding steroid dienone is 1. The second kappa shape index (κ2) is 5.80. The van der Waals surface area contributed by atoms with E-state index in [0.717, 1.165) is 30.8 Å². The van der Waals surface area contributed by atoms with Crippen LogP contribution in [0.5, 0.6) is 0 Å². The first-order chi connectivity index (χ1) is 7.54. The molecular formula is C12H21N3O. The maximum absolute atomic E-state index is 7.58. The molecule has 1 heterocycles. The highest BCUT2D eigenvalue weighted by Crippen LogP contribution is 2.15. The van der Waals surface area contributed by atoms with E-state index in [-0.39, 0.29) is 0 Å². The molecule has 0 saturated carbocycles. The maximum atomic E-state index is 7.58. The molecule has 0 spiro atoms. The van der Waals surface area contributed by atoms with Crippen LogP contribution >= 0.6 is 0 Å². The van der Waals surface area contributed by atoms with Crippen molar-refractivity contribution in [2.75, 3.05) is 6.61 Å². The summed E-state index contributed by atoms with van der Waals surface area (Å²) in [6, 6.07) is 0.374. The van der Waals surface area contributed by atoms with Crippen LogP contribution < -0.4 is 5.32 Å². The molecule has 16 heavy (non-hydrogen) atoms. The maximum Gasteiger partial charge on any atom is 0.130 e. The van der Waals surface area contributed by atoms with Gasteiger partial charge in [0.2, 0.25) is 0 Å². The number of aliphatic imine (C=N–C) groups is 1. The minimum absolute atomic E-state index is 0.290. The molecule has 1 fully saturated rings. The van der Waals surface area contributed by atoms with Gasteiger partial charge in [0, 0.05) is 23.9 Å². The van der Waals surface area contributed by atoms with E-state index in [1.165, 1.54) is 0 Å². The van der Waals surface area contributed by atoms with Crippen molar-refractivity contribution >= 4 is 12.4 Å². The highest BCUT2D eigenvalue weighted by Gasteiger charge is 2.20. The Balaban J connectivity index is 2.66. The quantitative estimate of drug-likeness (QED) is 0.717. The van der Waals surface area contributed by atoms with Crippen LogP contribution in [0.25, 0.3) is 0 Å². The molecule has 0 radical (unpaired) electrons. The summed E-state index contributed by atoms with van der Waals surface area (Å²) in [7, 11) is 0. The lowest BCUT2D eigenvalue weighted by atomic mass is 10.0. The fourth-order valence-electron chi connectivity index (χ4n) is 1.77. The standard InChI is InChI=1S/C12H21N3O/c1-8-7-11(5-6-16-8)15-12(14-4)9(2)10(3)13/h8,11,13,15H,4-7H2,1-3H3/b12-9+,13-10?. The van der Waals surface area contributed by atoms with Crippen LogP contribution in [0.1, 0.15) is 33.6 Å². The predicted octanol–water partition coefficient (Wildman–Crippen LogP) is 2.12. The molecule has 90 valence electrons. The summed E-state index contributed by atoms with van der Waals surface area (Å²) in [6.45, 7) is 10.1. The molecule has 1 aliphatic heterocycles. The minimum atomic E-state index is 0.290. The Bertz CT molecular complexity index is 309. The summed E-state index contributed by atoms with van der Waals surface area (Å²) < 4.78 is 5.49. The summed E-state index contributed by atoms with van der Waals surface area (Å²) in [5.41, 5.74) is 1.38. The molecule has 1 aliphatic rings. The first-order valence-electron chi connectivity index (χ1n) is 5.65. The van der Waals surface area contributed by atoms with Crippen molar-refractivity contribution in [3.05, 3.63) is 11.4 Å². The van der Waals surface area contributed by atoms with Gasteiger partial charge >= 0.3 is 0 Å². The Morgan fingerprint density at radius 1 is 1.50 bits per heavy atom. The van der Waals surface area contributed by atoms with Crippen molar-refractivity contribution < 1.29 is 4.74 Å². The van der Waals surface area contributed by atoms with Crippen molar-refractivity contribution in [3.8, 4) is 0 Å². The van der Waals surface area contributed by atoms with Crippen molar-refractivity contribution in [1.82, 2.24) is 5.32 Å². The second-order valence-corrected chi connectivity index (χ2v) is 4.30. The Morgan fingerprint density at radius 2 is 2.19 bits per heavy atom. The Morgan fingerprint density at radius 3 is 2.69 bits per heavy atom. The molecule has 0 aromatic rings. The van der Waals surface area contributed by atoms with E-state index in [4.69, 9.17) is 10.1 Å². The van der Waals surface area contributed by atoms with Gasteiger partial charge in [0.15, 0.2) is 0 Å². The number of hydrogen-bond acceptors (Lipinski definition) is 4. The SMILES string of the molecule is C=N/C(NC1CCOC(C)C1)=C(/C)C(C)=N. The van der Waals surface area contributed by atoms with Gasteiger partial charge in [-0.1, -0.05) is 0 Å². The summed E-state index contributed by atoms with van der Waals surface area (Å²) in [6.07, 6.45) is 2.25. The van der Waals surface area contributed by atoms with Crippen molar-refractivity contribution in [2.24, 2.45) is 4.99 Å². The summed E-state index contributed by atoms with van der Waals surface area (Å²) in [5.74, 6) is 0.728. The van der Waals surface area contributed by atoms with Gasteiger partial charge in [-0.25, -0.2) is 4.99 Å². The van der Waals surface area contributed by atoms with Crippen LogP contribution in [0, 0.1) is 5.41 Å². The van der Waals surface area contributed by atoms with Gasteiger partial charge < -0.3 is 15.5 Å². The van der Waals surface area contributed by atoms with Gasteiger partial charge in [-0.05, 0) is 40.3 Å². The van der Waals surface area contributed by atoms with Gasteiger partial charge in [-0.2, -0.15) is 0 Å². The zero-order valence-corrected chi connectivity index (χ0v) is 10.3. The summed E-state index contributed by atoms with van der Waals surface area (Å²) >= 11 is 0. The molecule has 2 N–H and O–H groups in total. The lowest BCUT2D eigenvalue weighted by molar-refractivity contribution is 0.0150. The monoisotopic (exact) mass is 223 g/mol. The third kappa shape index (κ3) is 3.45. The van der Waals surface area contributed by atoms with Crippen LogP contribution in [-0.2, 0) is 4.74 Å². The lowest BCUT2D eigenvalue weighted by Gasteiger charge is -2.29.